The van der Waals surface area contributed by atoms with Crippen LogP contribution in [0.15, 0.2) is 59.0 Å². The first kappa shape index (κ1) is 17.7. The molecular weight excluding hydrogens is 358 g/mol. The van der Waals surface area contributed by atoms with Crippen LogP contribution in [0.3, 0.4) is 0 Å². The van der Waals surface area contributed by atoms with E-state index in [0.717, 1.165) is 16.4 Å². The Morgan fingerprint density at radius 1 is 0.821 bits per heavy atom. The van der Waals surface area contributed by atoms with Crippen molar-refractivity contribution in [3.05, 3.63) is 60.2 Å². The van der Waals surface area contributed by atoms with Crippen LogP contribution in [0.1, 0.15) is 10.4 Å². The molecule has 0 aliphatic heterocycles. The van der Waals surface area contributed by atoms with Crippen LogP contribution in [-0.2, 0) is 0 Å². The van der Waals surface area contributed by atoms with Crippen molar-refractivity contribution in [1.29, 1.82) is 0 Å². The second-order valence-electron chi connectivity index (χ2n) is 6.17. The third-order valence-corrected chi connectivity index (χ3v) is 4.60. The number of rotatable bonds is 5. The van der Waals surface area contributed by atoms with Crippen molar-refractivity contribution < 1.29 is 23.4 Å². The third-order valence-electron chi connectivity index (χ3n) is 4.60. The Kier molecular flexibility index (Phi) is 4.53. The topological polar surface area (TPSA) is 69.9 Å². The van der Waals surface area contributed by atoms with Crippen molar-refractivity contribution in [2.45, 2.75) is 0 Å². The molecule has 0 fully saturated rings. The minimum Gasteiger partial charge on any atom is -0.497 e. The number of anilines is 1. The van der Waals surface area contributed by atoms with Gasteiger partial charge < -0.3 is 23.9 Å². The van der Waals surface area contributed by atoms with Gasteiger partial charge in [0, 0.05) is 22.9 Å². The van der Waals surface area contributed by atoms with Crippen molar-refractivity contribution in [3.8, 4) is 17.2 Å². The van der Waals surface area contributed by atoms with Crippen molar-refractivity contribution >= 4 is 33.5 Å². The molecule has 4 aromatic rings. The number of hydrogen-bond acceptors (Lipinski definition) is 5. The molecule has 1 N–H and O–H groups in total. The van der Waals surface area contributed by atoms with Gasteiger partial charge in [0.2, 0.25) is 0 Å². The molecule has 0 saturated heterocycles. The Labute approximate surface area is 161 Å². The van der Waals surface area contributed by atoms with Crippen molar-refractivity contribution in [1.82, 2.24) is 0 Å². The van der Waals surface area contributed by atoms with Gasteiger partial charge in [-0.3, -0.25) is 4.79 Å². The normalized spacial score (nSPS) is 10.8. The molecule has 1 aromatic heterocycles. The average Bonchev–Trinajstić information content (AvgIpc) is 3.09. The van der Waals surface area contributed by atoms with Gasteiger partial charge in [-0.2, -0.15) is 0 Å². The fraction of sp³-hybridized carbons (Fsp3) is 0.136. The molecule has 0 unspecified atom stereocenters. The molecule has 28 heavy (non-hydrogen) atoms. The summed E-state index contributed by atoms with van der Waals surface area (Å²) in [5, 5.41) is 4.80. The van der Waals surface area contributed by atoms with Crippen LogP contribution >= 0.6 is 0 Å². The maximum absolute atomic E-state index is 12.9. The van der Waals surface area contributed by atoms with Crippen molar-refractivity contribution in [2.75, 3.05) is 26.6 Å². The van der Waals surface area contributed by atoms with Gasteiger partial charge in [-0.25, -0.2) is 0 Å². The zero-order valence-electron chi connectivity index (χ0n) is 15.7. The molecule has 0 saturated carbocycles. The summed E-state index contributed by atoms with van der Waals surface area (Å²) in [5.41, 5.74) is 2.34. The summed E-state index contributed by atoms with van der Waals surface area (Å²) in [6, 6.07) is 16.4. The Bertz CT molecular complexity index is 1180. The van der Waals surface area contributed by atoms with Gasteiger partial charge in [0.05, 0.1) is 32.6 Å². The van der Waals surface area contributed by atoms with E-state index >= 15 is 0 Å². The Morgan fingerprint density at radius 3 is 2.36 bits per heavy atom. The number of hydrogen-bond donors (Lipinski definition) is 1. The molecule has 4 rings (SSSR count). The van der Waals surface area contributed by atoms with Crippen LogP contribution < -0.4 is 19.5 Å². The maximum Gasteiger partial charge on any atom is 0.259 e. The third kappa shape index (κ3) is 2.99. The van der Waals surface area contributed by atoms with Crippen LogP contribution in [0.25, 0.3) is 21.9 Å². The maximum atomic E-state index is 12.9. The predicted molar refractivity (Wildman–Crippen MR) is 108 cm³/mol. The van der Waals surface area contributed by atoms with Gasteiger partial charge in [-0.05, 0) is 24.3 Å². The number of furan rings is 1. The molecule has 0 spiro atoms. The van der Waals surface area contributed by atoms with Crippen LogP contribution in [-0.4, -0.2) is 27.2 Å². The quantitative estimate of drug-likeness (QED) is 0.538. The molecule has 0 radical (unpaired) electrons. The number of methoxy groups -OCH3 is 3. The summed E-state index contributed by atoms with van der Waals surface area (Å²) >= 11 is 0. The lowest BCUT2D eigenvalue weighted by Gasteiger charge is -2.13. The summed E-state index contributed by atoms with van der Waals surface area (Å²) in [4.78, 5) is 12.9. The average molecular weight is 377 g/mol. The fourth-order valence-electron chi connectivity index (χ4n) is 3.19. The number of amides is 1. The lowest BCUT2D eigenvalue weighted by molar-refractivity contribution is 0.102. The lowest BCUT2D eigenvalue weighted by atomic mass is 10.1. The van der Waals surface area contributed by atoms with Gasteiger partial charge in [0.15, 0.2) is 0 Å². The largest absolute Gasteiger partial charge is 0.497 e. The number of carbonyl (C=O) groups is 1. The van der Waals surface area contributed by atoms with Gasteiger partial charge in [-0.1, -0.05) is 18.2 Å². The standard InChI is InChI=1S/C22H19NO5/c1-25-13-8-9-15(19(10-13)26-2)22(24)23-17-12-20-16(11-21(17)27-3)14-6-4-5-7-18(14)28-20/h4-12H,1-3H3,(H,23,24). The summed E-state index contributed by atoms with van der Waals surface area (Å²) in [5.74, 6) is 1.24. The van der Waals surface area contributed by atoms with Gasteiger partial charge in [0.1, 0.15) is 28.4 Å². The molecular formula is C22H19NO5. The molecule has 1 amide bonds. The summed E-state index contributed by atoms with van der Waals surface area (Å²) in [6.45, 7) is 0. The molecule has 142 valence electrons. The molecule has 0 aliphatic rings. The first-order chi connectivity index (χ1) is 13.6. The van der Waals surface area contributed by atoms with Crippen LogP contribution in [0.4, 0.5) is 5.69 Å². The van der Waals surface area contributed by atoms with Crippen molar-refractivity contribution in [2.24, 2.45) is 0 Å². The number of nitrogens with one attached hydrogen (secondary N) is 1. The van der Waals surface area contributed by atoms with E-state index < -0.39 is 0 Å². The Hall–Kier alpha value is -3.67. The van der Waals surface area contributed by atoms with E-state index in [1.165, 1.54) is 7.11 Å². The Balaban J connectivity index is 1.74. The van der Waals surface area contributed by atoms with Crippen LogP contribution in [0, 0.1) is 0 Å². The zero-order valence-corrected chi connectivity index (χ0v) is 15.7. The van der Waals surface area contributed by atoms with Crippen LogP contribution in [0.5, 0.6) is 17.2 Å². The van der Waals surface area contributed by atoms with E-state index in [0.29, 0.717) is 34.1 Å². The van der Waals surface area contributed by atoms with E-state index in [1.807, 2.05) is 30.3 Å². The van der Waals surface area contributed by atoms with Crippen molar-refractivity contribution in [3.63, 3.8) is 0 Å². The molecule has 0 atom stereocenters. The summed E-state index contributed by atoms with van der Waals surface area (Å²) in [7, 11) is 4.63. The second kappa shape index (κ2) is 7.15. The molecule has 0 aliphatic carbocycles. The minimum atomic E-state index is -0.326. The minimum absolute atomic E-state index is 0.326. The fourth-order valence-corrected chi connectivity index (χ4v) is 3.19. The first-order valence-electron chi connectivity index (χ1n) is 8.67. The van der Waals surface area contributed by atoms with E-state index in [2.05, 4.69) is 5.32 Å². The number of fused-ring (bicyclic) bond motifs is 3. The number of para-hydroxylation sites is 1. The molecule has 6 heteroatoms. The van der Waals surface area contributed by atoms with E-state index in [1.54, 1.807) is 38.5 Å². The van der Waals surface area contributed by atoms with E-state index in [-0.39, 0.29) is 5.91 Å². The SMILES string of the molecule is COc1ccc(C(=O)Nc2cc3oc4ccccc4c3cc2OC)c(OC)c1. The zero-order chi connectivity index (χ0) is 19.7. The lowest BCUT2D eigenvalue weighted by Crippen LogP contribution is -2.14. The molecule has 0 bridgehead atoms. The predicted octanol–water partition coefficient (Wildman–Crippen LogP) is 4.86. The summed E-state index contributed by atoms with van der Waals surface area (Å²) < 4.78 is 21.9. The smallest absolute Gasteiger partial charge is 0.259 e. The highest BCUT2D eigenvalue weighted by Crippen LogP contribution is 2.37. The van der Waals surface area contributed by atoms with Gasteiger partial charge in [0.25, 0.3) is 5.91 Å². The van der Waals surface area contributed by atoms with Gasteiger partial charge in [-0.15, -0.1) is 0 Å². The highest BCUT2D eigenvalue weighted by molar-refractivity contribution is 6.10. The van der Waals surface area contributed by atoms with E-state index in [9.17, 15) is 4.79 Å². The van der Waals surface area contributed by atoms with Crippen LogP contribution in [0.2, 0.25) is 0 Å². The Morgan fingerprint density at radius 2 is 1.61 bits per heavy atom. The highest BCUT2D eigenvalue weighted by atomic mass is 16.5. The number of benzene rings is 3. The number of ether oxygens (including phenoxy) is 3. The number of carbonyl (C=O) groups excluding carboxylic acids is 1. The molecule has 6 nitrogen and oxygen atoms in total. The molecule has 3 aromatic carbocycles. The first-order valence-corrected chi connectivity index (χ1v) is 8.67. The molecule has 1 heterocycles. The van der Waals surface area contributed by atoms with E-state index in [4.69, 9.17) is 18.6 Å². The summed E-state index contributed by atoms with van der Waals surface area (Å²) in [6.07, 6.45) is 0. The highest BCUT2D eigenvalue weighted by Gasteiger charge is 2.17. The monoisotopic (exact) mass is 377 g/mol. The second-order valence-corrected chi connectivity index (χ2v) is 6.17. The van der Waals surface area contributed by atoms with Gasteiger partial charge >= 0.3 is 0 Å².